The third-order valence-electron chi connectivity index (χ3n) is 3.77. The van der Waals surface area contributed by atoms with Crippen LogP contribution in [0.5, 0.6) is 0 Å². The van der Waals surface area contributed by atoms with Crippen LogP contribution in [0, 0.1) is 5.92 Å². The van der Waals surface area contributed by atoms with E-state index in [0.29, 0.717) is 6.61 Å². The van der Waals surface area contributed by atoms with Crippen molar-refractivity contribution in [1.29, 1.82) is 0 Å². The fourth-order valence-corrected chi connectivity index (χ4v) is 2.74. The van der Waals surface area contributed by atoms with Crippen LogP contribution in [0.3, 0.4) is 0 Å². The highest BCUT2D eigenvalue weighted by atomic mass is 28.4. The standard InChI is InChI=1S/C15H30O3Si/c1-9-11-13(12(3)14(16)17-10-2)18-19(7,8)15(4,5)6/h9,11-13H,10H2,1-8H3/b11-9+/t12-,13+/m1/s1. The lowest BCUT2D eigenvalue weighted by Crippen LogP contribution is -2.46. The fourth-order valence-electron chi connectivity index (χ4n) is 1.42. The predicted octanol–water partition coefficient (Wildman–Crippen LogP) is 4.15. The topological polar surface area (TPSA) is 35.5 Å². The number of hydrogen-bond acceptors (Lipinski definition) is 3. The lowest BCUT2D eigenvalue weighted by atomic mass is 10.1. The van der Waals surface area contributed by atoms with Crippen LogP contribution in [-0.2, 0) is 14.0 Å². The van der Waals surface area contributed by atoms with Gasteiger partial charge in [-0.1, -0.05) is 32.9 Å². The smallest absolute Gasteiger partial charge is 0.311 e. The fraction of sp³-hybridized carbons (Fsp3) is 0.800. The van der Waals surface area contributed by atoms with Gasteiger partial charge in [-0.3, -0.25) is 4.79 Å². The maximum atomic E-state index is 11.9. The Balaban J connectivity index is 4.99. The molecule has 0 unspecified atom stereocenters. The van der Waals surface area contributed by atoms with Gasteiger partial charge >= 0.3 is 5.97 Å². The van der Waals surface area contributed by atoms with Gasteiger partial charge in [0.1, 0.15) is 0 Å². The first-order valence-corrected chi connectivity index (χ1v) is 9.95. The molecule has 0 amide bonds. The van der Waals surface area contributed by atoms with E-state index in [1.54, 1.807) is 0 Å². The van der Waals surface area contributed by atoms with E-state index in [-0.39, 0.29) is 23.0 Å². The van der Waals surface area contributed by atoms with Crippen molar-refractivity contribution in [3.05, 3.63) is 12.2 Å². The van der Waals surface area contributed by atoms with Crippen molar-refractivity contribution in [2.75, 3.05) is 6.61 Å². The summed E-state index contributed by atoms with van der Waals surface area (Å²) in [6.07, 6.45) is 3.69. The van der Waals surface area contributed by atoms with Crippen molar-refractivity contribution in [3.8, 4) is 0 Å². The van der Waals surface area contributed by atoms with Gasteiger partial charge in [-0.2, -0.15) is 0 Å². The molecule has 0 radical (unpaired) electrons. The summed E-state index contributed by atoms with van der Waals surface area (Å²) in [7, 11) is -1.90. The molecule has 0 N–H and O–H groups in total. The van der Waals surface area contributed by atoms with E-state index in [4.69, 9.17) is 9.16 Å². The molecule has 0 aliphatic carbocycles. The summed E-state index contributed by atoms with van der Waals surface area (Å²) in [4.78, 5) is 11.9. The lowest BCUT2D eigenvalue weighted by Gasteiger charge is -2.39. The van der Waals surface area contributed by atoms with Gasteiger partial charge in [0.25, 0.3) is 0 Å². The van der Waals surface area contributed by atoms with E-state index in [1.165, 1.54) is 0 Å². The zero-order chi connectivity index (χ0) is 15.3. The largest absolute Gasteiger partial charge is 0.466 e. The Morgan fingerprint density at radius 3 is 2.21 bits per heavy atom. The van der Waals surface area contributed by atoms with Gasteiger partial charge in [0.15, 0.2) is 8.32 Å². The van der Waals surface area contributed by atoms with E-state index in [0.717, 1.165) is 0 Å². The quantitative estimate of drug-likeness (QED) is 0.418. The number of carbonyl (C=O) groups is 1. The Labute approximate surface area is 119 Å². The molecule has 0 aromatic rings. The molecule has 0 spiro atoms. The summed E-state index contributed by atoms with van der Waals surface area (Å²) in [5.74, 6) is -0.463. The Kier molecular flexibility index (Phi) is 7.01. The van der Waals surface area contributed by atoms with E-state index >= 15 is 0 Å². The van der Waals surface area contributed by atoms with Gasteiger partial charge in [0.2, 0.25) is 0 Å². The number of allylic oxidation sites excluding steroid dienone is 1. The third-order valence-corrected chi connectivity index (χ3v) is 8.24. The molecule has 3 nitrogen and oxygen atoms in total. The molecule has 0 aromatic heterocycles. The molecule has 0 rings (SSSR count). The number of rotatable bonds is 6. The predicted molar refractivity (Wildman–Crippen MR) is 82.7 cm³/mol. The van der Waals surface area contributed by atoms with Gasteiger partial charge in [-0.15, -0.1) is 0 Å². The highest BCUT2D eigenvalue weighted by Gasteiger charge is 2.40. The number of esters is 1. The average molecular weight is 286 g/mol. The SMILES string of the molecule is C/C=C/[C@H](O[Si](C)(C)C(C)(C)C)[C@@H](C)C(=O)OCC. The summed E-state index contributed by atoms with van der Waals surface area (Å²) in [6, 6.07) is 0. The average Bonchev–Trinajstić information content (AvgIpc) is 2.26. The summed E-state index contributed by atoms with van der Waals surface area (Å²) in [5.41, 5.74) is 0. The van der Waals surface area contributed by atoms with Crippen molar-refractivity contribution in [3.63, 3.8) is 0 Å². The zero-order valence-corrected chi connectivity index (χ0v) is 14.7. The second kappa shape index (κ2) is 7.24. The molecule has 0 aromatic carbocycles. The molecule has 112 valence electrons. The minimum absolute atomic E-state index is 0.126. The van der Waals surface area contributed by atoms with Crippen molar-refractivity contribution >= 4 is 14.3 Å². The Morgan fingerprint density at radius 1 is 1.32 bits per heavy atom. The zero-order valence-electron chi connectivity index (χ0n) is 13.7. The van der Waals surface area contributed by atoms with Crippen LogP contribution >= 0.6 is 0 Å². The molecule has 0 aliphatic rings. The van der Waals surface area contributed by atoms with Gasteiger partial charge in [0.05, 0.1) is 18.6 Å². The van der Waals surface area contributed by atoms with Crippen LogP contribution in [-0.4, -0.2) is 27.0 Å². The highest BCUT2D eigenvalue weighted by Crippen LogP contribution is 2.38. The first-order chi connectivity index (χ1) is 8.56. The van der Waals surface area contributed by atoms with E-state index < -0.39 is 8.32 Å². The number of ether oxygens (including phenoxy) is 1. The molecular formula is C15H30O3Si. The molecule has 0 saturated heterocycles. The van der Waals surface area contributed by atoms with Crippen LogP contribution in [0.2, 0.25) is 18.1 Å². The van der Waals surface area contributed by atoms with Crippen LogP contribution in [0.25, 0.3) is 0 Å². The Bertz CT molecular complexity index is 316. The van der Waals surface area contributed by atoms with E-state index in [2.05, 4.69) is 33.9 Å². The Morgan fingerprint density at radius 2 is 1.84 bits per heavy atom. The van der Waals surface area contributed by atoms with Crippen molar-refractivity contribution in [2.45, 2.75) is 65.8 Å². The molecule has 0 aliphatic heterocycles. The van der Waals surface area contributed by atoms with Crippen LogP contribution < -0.4 is 0 Å². The molecule has 0 saturated carbocycles. The molecule has 19 heavy (non-hydrogen) atoms. The first kappa shape index (κ1) is 18.4. The van der Waals surface area contributed by atoms with Crippen molar-refractivity contribution in [1.82, 2.24) is 0 Å². The minimum Gasteiger partial charge on any atom is -0.466 e. The van der Waals surface area contributed by atoms with E-state index in [9.17, 15) is 4.79 Å². The van der Waals surface area contributed by atoms with Crippen LogP contribution in [0.15, 0.2) is 12.2 Å². The van der Waals surface area contributed by atoms with Crippen molar-refractivity contribution in [2.24, 2.45) is 5.92 Å². The maximum Gasteiger partial charge on any atom is 0.311 e. The molecular weight excluding hydrogens is 256 g/mol. The third kappa shape index (κ3) is 5.49. The lowest BCUT2D eigenvalue weighted by molar-refractivity contribution is -0.149. The second-order valence-electron chi connectivity index (χ2n) is 6.41. The normalized spacial score (nSPS) is 16.4. The van der Waals surface area contributed by atoms with Gasteiger partial charge < -0.3 is 9.16 Å². The summed E-state index contributed by atoms with van der Waals surface area (Å²) < 4.78 is 11.4. The summed E-state index contributed by atoms with van der Waals surface area (Å²) >= 11 is 0. The summed E-state index contributed by atoms with van der Waals surface area (Å²) in [6.45, 7) is 17.0. The highest BCUT2D eigenvalue weighted by molar-refractivity contribution is 6.74. The molecule has 4 heteroatoms. The molecule has 2 atom stereocenters. The Hall–Kier alpha value is -0.613. The minimum atomic E-state index is -1.90. The number of carbonyl (C=O) groups excluding carboxylic acids is 1. The van der Waals surface area contributed by atoms with Gasteiger partial charge in [-0.25, -0.2) is 0 Å². The maximum absolute atomic E-state index is 11.9. The molecule has 0 fully saturated rings. The van der Waals surface area contributed by atoms with Gasteiger partial charge in [0, 0.05) is 0 Å². The molecule has 0 bridgehead atoms. The van der Waals surface area contributed by atoms with Crippen LogP contribution in [0.4, 0.5) is 0 Å². The molecule has 0 heterocycles. The second-order valence-corrected chi connectivity index (χ2v) is 11.2. The monoisotopic (exact) mass is 286 g/mol. The summed E-state index contributed by atoms with van der Waals surface area (Å²) in [5, 5.41) is 0.126. The number of hydrogen-bond donors (Lipinski definition) is 0. The van der Waals surface area contributed by atoms with Crippen molar-refractivity contribution < 1.29 is 14.0 Å². The van der Waals surface area contributed by atoms with Gasteiger partial charge in [-0.05, 0) is 38.9 Å². The van der Waals surface area contributed by atoms with E-state index in [1.807, 2.05) is 32.9 Å². The first-order valence-electron chi connectivity index (χ1n) is 7.04. The van der Waals surface area contributed by atoms with Crippen LogP contribution in [0.1, 0.15) is 41.5 Å².